The quantitative estimate of drug-likeness (QED) is 0.290. The lowest BCUT2D eigenvalue weighted by Crippen LogP contribution is -2.42. The van der Waals surface area contributed by atoms with E-state index >= 15 is 0 Å². The van der Waals surface area contributed by atoms with Crippen molar-refractivity contribution >= 4 is 27.9 Å². The number of amides is 1. The van der Waals surface area contributed by atoms with Crippen LogP contribution in [-0.4, -0.2) is 65.7 Å². The van der Waals surface area contributed by atoms with Crippen molar-refractivity contribution < 1.29 is 50.1 Å². The van der Waals surface area contributed by atoms with Gasteiger partial charge in [0.1, 0.15) is 23.1 Å². The van der Waals surface area contributed by atoms with Crippen LogP contribution in [0.15, 0.2) is 30.5 Å². The third kappa shape index (κ3) is 11.8. The fourth-order valence-corrected chi connectivity index (χ4v) is 3.74. The van der Waals surface area contributed by atoms with Crippen molar-refractivity contribution in [2.24, 2.45) is 0 Å². The molecule has 0 bridgehead atoms. The molecule has 1 heterocycles. The summed E-state index contributed by atoms with van der Waals surface area (Å²) in [6.45, 7) is 3.88. The molecular formula is C23H29ClF3N3O8S. The summed E-state index contributed by atoms with van der Waals surface area (Å²) in [6.07, 6.45) is -5.33. The molecule has 0 aliphatic carbocycles. The first-order valence-electron chi connectivity index (χ1n) is 11.5. The van der Waals surface area contributed by atoms with Gasteiger partial charge >= 0.3 is 22.5 Å². The van der Waals surface area contributed by atoms with E-state index in [1.165, 1.54) is 13.2 Å². The molecule has 2 rings (SSSR count). The molecule has 1 aromatic heterocycles. The van der Waals surface area contributed by atoms with Gasteiger partial charge in [-0.05, 0) is 31.5 Å². The number of carbonyl (C=O) groups is 1. The number of pyridine rings is 1. The summed E-state index contributed by atoms with van der Waals surface area (Å²) in [4.78, 5) is 15.6. The first-order chi connectivity index (χ1) is 18.3. The van der Waals surface area contributed by atoms with Gasteiger partial charge in [-0.15, -0.1) is 0 Å². The van der Waals surface area contributed by atoms with Crippen LogP contribution in [0.5, 0.6) is 17.4 Å². The molecule has 0 radical (unpaired) electrons. The van der Waals surface area contributed by atoms with Crippen LogP contribution in [0.25, 0.3) is 0 Å². The molecule has 2 N–H and O–H groups in total. The Bertz CT molecular complexity index is 1200. The number of ether oxygens (including phenoxy) is 5. The second-order valence-corrected chi connectivity index (χ2v) is 9.93. The van der Waals surface area contributed by atoms with E-state index in [1.807, 2.05) is 0 Å². The van der Waals surface area contributed by atoms with Crippen molar-refractivity contribution in [3.8, 4) is 17.4 Å². The SMILES string of the molecule is COCCOc1ccc(CCOC(=O)NS(=O)(=O)NCCOC(C)C)c(Oc2ncc(C(F)(F)F)cc2Cl)c1. The van der Waals surface area contributed by atoms with Crippen LogP contribution in [-0.2, 0) is 37.0 Å². The van der Waals surface area contributed by atoms with Gasteiger partial charge in [0.25, 0.3) is 0 Å². The minimum absolute atomic E-state index is 0.0368. The fourth-order valence-electron chi connectivity index (χ4n) is 2.83. The van der Waals surface area contributed by atoms with E-state index in [1.54, 1.807) is 30.7 Å². The highest BCUT2D eigenvalue weighted by Crippen LogP contribution is 2.36. The van der Waals surface area contributed by atoms with Gasteiger partial charge in [-0.3, -0.25) is 0 Å². The first kappa shape index (κ1) is 32.4. The molecule has 11 nitrogen and oxygen atoms in total. The summed E-state index contributed by atoms with van der Waals surface area (Å²) in [5.74, 6) is 0.172. The molecule has 218 valence electrons. The predicted octanol–water partition coefficient (Wildman–Crippen LogP) is 4.10. The van der Waals surface area contributed by atoms with Gasteiger partial charge in [-0.25, -0.2) is 14.5 Å². The van der Waals surface area contributed by atoms with Crippen molar-refractivity contribution in [1.82, 2.24) is 14.4 Å². The summed E-state index contributed by atoms with van der Waals surface area (Å²) in [7, 11) is -2.67. The molecule has 0 atom stereocenters. The Morgan fingerprint density at radius 2 is 1.87 bits per heavy atom. The molecule has 0 spiro atoms. The lowest BCUT2D eigenvalue weighted by atomic mass is 10.1. The number of carbonyl (C=O) groups excluding carboxylic acids is 1. The number of benzene rings is 1. The highest BCUT2D eigenvalue weighted by atomic mass is 35.5. The molecule has 1 aromatic carbocycles. The van der Waals surface area contributed by atoms with Gasteiger partial charge in [-0.2, -0.15) is 26.3 Å². The fraction of sp³-hybridized carbons (Fsp3) is 0.478. The minimum atomic E-state index is -4.64. The average Bonchev–Trinajstić information content (AvgIpc) is 2.83. The average molecular weight is 600 g/mol. The Labute approximate surface area is 229 Å². The number of rotatable bonds is 15. The topological polar surface area (TPSA) is 134 Å². The van der Waals surface area contributed by atoms with Gasteiger partial charge in [0.2, 0.25) is 5.88 Å². The molecule has 0 fully saturated rings. The standard InChI is InChI=1S/C23H29ClF3N3O8S/c1-15(2)35-9-7-29-39(32,33)30-22(31)37-8-6-16-4-5-18(36-11-10-34-3)13-20(16)38-21-19(24)12-17(14-28-21)23(25,26)27/h4-5,12-15,29H,6-11H2,1-3H3,(H,30,31). The minimum Gasteiger partial charge on any atom is -0.491 e. The second-order valence-electron chi connectivity index (χ2n) is 8.03. The number of hydrogen-bond donors (Lipinski definition) is 2. The zero-order chi connectivity index (χ0) is 29.1. The van der Waals surface area contributed by atoms with Crippen LogP contribution in [0.3, 0.4) is 0 Å². The van der Waals surface area contributed by atoms with Crippen molar-refractivity contribution in [3.05, 3.63) is 46.6 Å². The first-order valence-corrected chi connectivity index (χ1v) is 13.4. The summed E-state index contributed by atoms with van der Waals surface area (Å²) in [6, 6.07) is 5.30. The van der Waals surface area contributed by atoms with E-state index in [0.29, 0.717) is 30.2 Å². The number of nitrogens with zero attached hydrogens (tertiary/aromatic N) is 1. The highest BCUT2D eigenvalue weighted by Gasteiger charge is 2.32. The van der Waals surface area contributed by atoms with Crippen LogP contribution < -0.4 is 18.9 Å². The normalized spacial score (nSPS) is 11.9. The lowest BCUT2D eigenvalue weighted by molar-refractivity contribution is -0.137. The van der Waals surface area contributed by atoms with Gasteiger partial charge in [-0.1, -0.05) is 17.7 Å². The maximum atomic E-state index is 12.9. The van der Waals surface area contributed by atoms with Crippen LogP contribution in [0.2, 0.25) is 5.02 Å². The van der Waals surface area contributed by atoms with E-state index < -0.39 is 28.0 Å². The molecule has 0 aliphatic heterocycles. The predicted molar refractivity (Wildman–Crippen MR) is 134 cm³/mol. The molecule has 2 aromatic rings. The molecule has 0 saturated carbocycles. The van der Waals surface area contributed by atoms with Gasteiger partial charge < -0.3 is 23.7 Å². The molecule has 0 aliphatic rings. The molecule has 16 heteroatoms. The van der Waals surface area contributed by atoms with E-state index in [4.69, 9.17) is 35.3 Å². The zero-order valence-electron chi connectivity index (χ0n) is 21.3. The number of methoxy groups -OCH3 is 1. The van der Waals surface area contributed by atoms with Crippen molar-refractivity contribution in [2.45, 2.75) is 32.5 Å². The largest absolute Gasteiger partial charge is 0.491 e. The number of hydrogen-bond acceptors (Lipinski definition) is 9. The highest BCUT2D eigenvalue weighted by molar-refractivity contribution is 7.88. The third-order valence-corrected chi connectivity index (χ3v) is 5.89. The van der Waals surface area contributed by atoms with Crippen molar-refractivity contribution in [3.63, 3.8) is 0 Å². The summed E-state index contributed by atoms with van der Waals surface area (Å²) >= 11 is 5.96. The van der Waals surface area contributed by atoms with Crippen molar-refractivity contribution in [2.75, 3.05) is 40.1 Å². The second kappa shape index (κ2) is 15.1. The Morgan fingerprint density at radius 1 is 1.13 bits per heavy atom. The summed E-state index contributed by atoms with van der Waals surface area (Å²) < 4.78 is 92.8. The molecular weight excluding hydrogens is 571 g/mol. The maximum absolute atomic E-state index is 12.9. The summed E-state index contributed by atoms with van der Waals surface area (Å²) in [5, 5.41) is -0.381. The zero-order valence-corrected chi connectivity index (χ0v) is 22.9. The number of aromatic nitrogens is 1. The number of alkyl halides is 3. The van der Waals surface area contributed by atoms with E-state index in [-0.39, 0.29) is 55.5 Å². The third-order valence-electron chi connectivity index (χ3n) is 4.60. The van der Waals surface area contributed by atoms with Gasteiger partial charge in [0, 0.05) is 32.3 Å². The monoisotopic (exact) mass is 599 g/mol. The maximum Gasteiger partial charge on any atom is 0.421 e. The molecule has 0 saturated heterocycles. The Balaban J connectivity index is 2.07. The van der Waals surface area contributed by atoms with Crippen LogP contribution in [0.4, 0.5) is 18.0 Å². The number of halogens is 4. The Hall–Kier alpha value is -2.85. The van der Waals surface area contributed by atoms with Crippen molar-refractivity contribution in [1.29, 1.82) is 0 Å². The van der Waals surface area contributed by atoms with Crippen LogP contribution in [0.1, 0.15) is 25.0 Å². The van der Waals surface area contributed by atoms with Gasteiger partial charge in [0.05, 0.1) is 31.5 Å². The summed E-state index contributed by atoms with van der Waals surface area (Å²) in [5.41, 5.74) is -0.612. The molecule has 0 unspecified atom stereocenters. The van der Waals surface area contributed by atoms with Gasteiger partial charge in [0.15, 0.2) is 0 Å². The smallest absolute Gasteiger partial charge is 0.421 e. The number of nitrogens with one attached hydrogen (secondary N) is 2. The Morgan fingerprint density at radius 3 is 2.51 bits per heavy atom. The molecule has 1 amide bonds. The van der Waals surface area contributed by atoms with E-state index in [0.717, 1.165) is 0 Å². The van der Waals surface area contributed by atoms with Crippen LogP contribution in [0, 0.1) is 0 Å². The Kier molecular flexibility index (Phi) is 12.5. The molecule has 39 heavy (non-hydrogen) atoms. The van der Waals surface area contributed by atoms with E-state index in [2.05, 4.69) is 9.71 Å². The van der Waals surface area contributed by atoms with E-state index in [9.17, 15) is 26.4 Å². The lowest BCUT2D eigenvalue weighted by Gasteiger charge is -2.15. The van der Waals surface area contributed by atoms with Crippen LogP contribution >= 0.6 is 11.6 Å².